The van der Waals surface area contributed by atoms with E-state index in [0.29, 0.717) is 5.69 Å². The van der Waals surface area contributed by atoms with Gasteiger partial charge in [-0.1, -0.05) is 24.3 Å². The normalized spacial score (nSPS) is 12.8. The summed E-state index contributed by atoms with van der Waals surface area (Å²) in [4.78, 5) is 30.3. The molecular formula is C18H22N4O2. The Bertz CT molecular complexity index is 676. The van der Waals surface area contributed by atoms with Crippen LogP contribution in [-0.2, 0) is 4.79 Å². The second kappa shape index (κ2) is 8.10. The number of carbonyl (C=O) groups is 2. The fourth-order valence-electron chi connectivity index (χ4n) is 2.26. The quantitative estimate of drug-likeness (QED) is 0.887. The summed E-state index contributed by atoms with van der Waals surface area (Å²) in [7, 11) is 1.70. The molecule has 2 N–H and O–H groups in total. The third-order valence-electron chi connectivity index (χ3n) is 3.79. The van der Waals surface area contributed by atoms with Crippen molar-refractivity contribution in [1.29, 1.82) is 0 Å². The van der Waals surface area contributed by atoms with E-state index in [2.05, 4.69) is 15.6 Å². The molecule has 0 saturated carbocycles. The number of nitrogens with zero attached hydrogens (tertiary/aromatic N) is 2. The number of hydrogen-bond donors (Lipinski definition) is 2. The van der Waals surface area contributed by atoms with Gasteiger partial charge in [0.25, 0.3) is 0 Å². The molecule has 0 radical (unpaired) electrons. The van der Waals surface area contributed by atoms with Crippen LogP contribution in [0.5, 0.6) is 0 Å². The van der Waals surface area contributed by atoms with E-state index in [1.807, 2.05) is 43.3 Å². The number of pyridine rings is 1. The Balaban J connectivity index is 1.92. The van der Waals surface area contributed by atoms with Gasteiger partial charge < -0.3 is 15.5 Å². The van der Waals surface area contributed by atoms with Crippen molar-refractivity contribution >= 4 is 17.6 Å². The highest BCUT2D eigenvalue weighted by molar-refractivity contribution is 5.93. The molecule has 0 bridgehead atoms. The third kappa shape index (κ3) is 4.55. The lowest BCUT2D eigenvalue weighted by atomic mass is 10.1. The van der Waals surface area contributed by atoms with Crippen LogP contribution in [0.3, 0.4) is 0 Å². The van der Waals surface area contributed by atoms with Crippen molar-refractivity contribution in [1.82, 2.24) is 15.2 Å². The summed E-state index contributed by atoms with van der Waals surface area (Å²) in [6.45, 7) is 3.56. The molecule has 0 unspecified atom stereocenters. The van der Waals surface area contributed by atoms with E-state index in [4.69, 9.17) is 0 Å². The SMILES string of the molecule is C[C@@H](NC(=O)Nc1ccccc1)C(=O)N(C)[C@@H](C)c1ccccn1. The number of aromatic nitrogens is 1. The van der Waals surface area contributed by atoms with Crippen molar-refractivity contribution in [2.24, 2.45) is 0 Å². The Kier molecular flexibility index (Phi) is 5.89. The van der Waals surface area contributed by atoms with Gasteiger partial charge in [-0.3, -0.25) is 9.78 Å². The van der Waals surface area contributed by atoms with E-state index >= 15 is 0 Å². The number of hydrogen-bond acceptors (Lipinski definition) is 3. The molecular weight excluding hydrogens is 304 g/mol. The first-order valence-electron chi connectivity index (χ1n) is 7.79. The van der Waals surface area contributed by atoms with Crippen LogP contribution in [0, 0.1) is 0 Å². The Morgan fingerprint density at radius 1 is 1.04 bits per heavy atom. The van der Waals surface area contributed by atoms with E-state index < -0.39 is 12.1 Å². The molecule has 126 valence electrons. The van der Waals surface area contributed by atoms with Crippen LogP contribution in [0.4, 0.5) is 10.5 Å². The molecule has 3 amide bonds. The minimum atomic E-state index is -0.648. The van der Waals surface area contributed by atoms with E-state index in [-0.39, 0.29) is 11.9 Å². The zero-order chi connectivity index (χ0) is 17.5. The number of para-hydroxylation sites is 1. The Morgan fingerprint density at radius 2 is 1.71 bits per heavy atom. The smallest absolute Gasteiger partial charge is 0.319 e. The zero-order valence-electron chi connectivity index (χ0n) is 14.1. The number of anilines is 1. The van der Waals surface area contributed by atoms with Gasteiger partial charge in [-0.05, 0) is 38.1 Å². The van der Waals surface area contributed by atoms with Gasteiger partial charge in [-0.15, -0.1) is 0 Å². The van der Waals surface area contributed by atoms with Crippen molar-refractivity contribution in [2.75, 3.05) is 12.4 Å². The number of likely N-dealkylation sites (N-methyl/N-ethyl adjacent to an activating group) is 1. The van der Waals surface area contributed by atoms with Crippen molar-refractivity contribution in [2.45, 2.75) is 25.9 Å². The van der Waals surface area contributed by atoms with Gasteiger partial charge in [0.15, 0.2) is 0 Å². The fraction of sp³-hybridized carbons (Fsp3) is 0.278. The summed E-state index contributed by atoms with van der Waals surface area (Å²) in [6, 6.07) is 13.4. The molecule has 2 atom stereocenters. The Labute approximate surface area is 141 Å². The van der Waals surface area contributed by atoms with Crippen molar-refractivity contribution < 1.29 is 9.59 Å². The van der Waals surface area contributed by atoms with E-state index in [1.165, 1.54) is 0 Å². The predicted molar refractivity (Wildman–Crippen MR) is 93.5 cm³/mol. The summed E-state index contributed by atoms with van der Waals surface area (Å²) in [5, 5.41) is 5.35. The van der Waals surface area contributed by atoms with Crippen LogP contribution in [0.15, 0.2) is 54.7 Å². The number of benzene rings is 1. The van der Waals surface area contributed by atoms with Gasteiger partial charge in [0, 0.05) is 18.9 Å². The molecule has 0 aliphatic carbocycles. The van der Waals surface area contributed by atoms with Gasteiger partial charge >= 0.3 is 6.03 Å². The summed E-state index contributed by atoms with van der Waals surface area (Å²) in [5.74, 6) is -0.184. The first kappa shape index (κ1) is 17.5. The zero-order valence-corrected chi connectivity index (χ0v) is 14.1. The molecule has 0 aliphatic rings. The highest BCUT2D eigenvalue weighted by Crippen LogP contribution is 2.16. The lowest BCUT2D eigenvalue weighted by Crippen LogP contribution is -2.47. The van der Waals surface area contributed by atoms with Crippen molar-refractivity contribution in [3.63, 3.8) is 0 Å². The third-order valence-corrected chi connectivity index (χ3v) is 3.79. The second-order valence-electron chi connectivity index (χ2n) is 5.57. The molecule has 6 nitrogen and oxygen atoms in total. The molecule has 1 heterocycles. The minimum Gasteiger partial charge on any atom is -0.336 e. The highest BCUT2D eigenvalue weighted by atomic mass is 16.2. The Morgan fingerprint density at radius 3 is 2.33 bits per heavy atom. The maximum absolute atomic E-state index is 12.5. The lowest BCUT2D eigenvalue weighted by Gasteiger charge is -2.27. The first-order chi connectivity index (χ1) is 11.5. The maximum atomic E-state index is 12.5. The number of urea groups is 1. The molecule has 2 aromatic rings. The van der Waals surface area contributed by atoms with E-state index in [1.54, 1.807) is 37.2 Å². The number of amides is 3. The van der Waals surface area contributed by atoms with Gasteiger partial charge in [0.05, 0.1) is 11.7 Å². The summed E-state index contributed by atoms with van der Waals surface area (Å²) < 4.78 is 0. The maximum Gasteiger partial charge on any atom is 0.319 e. The molecule has 1 aromatic heterocycles. The van der Waals surface area contributed by atoms with Crippen LogP contribution in [-0.4, -0.2) is 34.9 Å². The summed E-state index contributed by atoms with van der Waals surface area (Å²) in [5.41, 5.74) is 1.47. The molecule has 0 spiro atoms. The van der Waals surface area contributed by atoms with Crippen LogP contribution >= 0.6 is 0 Å². The largest absolute Gasteiger partial charge is 0.336 e. The van der Waals surface area contributed by atoms with E-state index in [9.17, 15) is 9.59 Å². The van der Waals surface area contributed by atoms with Gasteiger partial charge in [0.2, 0.25) is 5.91 Å². The number of rotatable bonds is 5. The van der Waals surface area contributed by atoms with Gasteiger partial charge in [-0.25, -0.2) is 4.79 Å². The van der Waals surface area contributed by atoms with Crippen molar-refractivity contribution in [3.05, 3.63) is 60.4 Å². The Hall–Kier alpha value is -2.89. The first-order valence-corrected chi connectivity index (χ1v) is 7.79. The van der Waals surface area contributed by atoms with Crippen LogP contribution in [0.25, 0.3) is 0 Å². The van der Waals surface area contributed by atoms with Crippen LogP contribution in [0.1, 0.15) is 25.6 Å². The standard InChI is InChI=1S/C18H22N4O2/c1-13(20-18(24)21-15-9-5-4-6-10-15)17(23)22(3)14(2)16-11-7-8-12-19-16/h4-14H,1-3H3,(H2,20,21,24)/t13-,14+/m1/s1. The predicted octanol–water partition coefficient (Wildman–Crippen LogP) is 2.81. The average molecular weight is 326 g/mol. The van der Waals surface area contributed by atoms with Gasteiger partial charge in [0.1, 0.15) is 6.04 Å². The second-order valence-corrected chi connectivity index (χ2v) is 5.57. The molecule has 24 heavy (non-hydrogen) atoms. The average Bonchev–Trinajstić information content (AvgIpc) is 2.61. The summed E-state index contributed by atoms with van der Waals surface area (Å²) in [6.07, 6.45) is 1.69. The fourth-order valence-corrected chi connectivity index (χ4v) is 2.26. The minimum absolute atomic E-state index is 0.180. The summed E-state index contributed by atoms with van der Waals surface area (Å²) >= 11 is 0. The van der Waals surface area contributed by atoms with Crippen molar-refractivity contribution in [3.8, 4) is 0 Å². The molecule has 6 heteroatoms. The number of carbonyl (C=O) groups excluding carboxylic acids is 2. The topological polar surface area (TPSA) is 74.3 Å². The molecule has 0 saturated heterocycles. The highest BCUT2D eigenvalue weighted by Gasteiger charge is 2.24. The molecule has 0 fully saturated rings. The van der Waals surface area contributed by atoms with Crippen LogP contribution in [0.2, 0.25) is 0 Å². The number of nitrogens with one attached hydrogen (secondary N) is 2. The van der Waals surface area contributed by atoms with Crippen LogP contribution < -0.4 is 10.6 Å². The lowest BCUT2D eigenvalue weighted by molar-refractivity contribution is -0.133. The molecule has 0 aliphatic heterocycles. The van der Waals surface area contributed by atoms with E-state index in [0.717, 1.165) is 5.69 Å². The van der Waals surface area contributed by atoms with Gasteiger partial charge in [-0.2, -0.15) is 0 Å². The monoisotopic (exact) mass is 326 g/mol. The molecule has 1 aromatic carbocycles. The molecule has 2 rings (SSSR count).